The van der Waals surface area contributed by atoms with E-state index < -0.39 is 60.2 Å². The fraction of sp³-hybridized carbons (Fsp3) is 0.440. The van der Waals surface area contributed by atoms with E-state index in [0.717, 1.165) is 6.42 Å². The molecule has 0 aliphatic carbocycles. The fourth-order valence-corrected chi connectivity index (χ4v) is 4.16. The minimum Gasteiger partial charge on any atom is -0.508 e. The zero-order valence-electron chi connectivity index (χ0n) is 21.1. The topological polar surface area (TPSA) is 223 Å². The van der Waals surface area contributed by atoms with Gasteiger partial charge in [-0.3, -0.25) is 19.2 Å². The summed E-state index contributed by atoms with van der Waals surface area (Å²) in [5.74, 6) is -4.56. The monoisotopic (exact) mass is 544 g/mol. The average molecular weight is 545 g/mol. The average Bonchev–Trinajstić information content (AvgIpc) is 3.61. The minimum atomic E-state index is -1.39. The summed E-state index contributed by atoms with van der Waals surface area (Å²) in [6, 6.07) is 1.65. The number of benzene rings is 1. The maximum atomic E-state index is 13.3. The van der Waals surface area contributed by atoms with Crippen LogP contribution in [0.2, 0.25) is 0 Å². The van der Waals surface area contributed by atoms with Crippen molar-refractivity contribution in [2.45, 2.75) is 62.7 Å². The highest BCUT2D eigenvalue weighted by atomic mass is 16.4. The molecule has 3 rings (SSSR count). The summed E-state index contributed by atoms with van der Waals surface area (Å²) in [4.78, 5) is 68.7. The van der Waals surface area contributed by atoms with Gasteiger partial charge in [-0.05, 0) is 43.5 Å². The minimum absolute atomic E-state index is 0.0208. The zero-order chi connectivity index (χ0) is 28.4. The molecule has 39 heavy (non-hydrogen) atoms. The van der Waals surface area contributed by atoms with Crippen molar-refractivity contribution in [3.05, 3.63) is 48.0 Å². The molecule has 1 aliphatic heterocycles. The second-order valence-corrected chi connectivity index (χ2v) is 9.25. The highest BCUT2D eigenvalue weighted by Crippen LogP contribution is 2.13. The summed E-state index contributed by atoms with van der Waals surface area (Å²) < 4.78 is 0. The van der Waals surface area contributed by atoms with E-state index in [1.165, 1.54) is 24.7 Å². The molecule has 0 saturated carbocycles. The molecule has 210 valence electrons. The van der Waals surface area contributed by atoms with Crippen molar-refractivity contribution in [2.75, 3.05) is 6.54 Å². The van der Waals surface area contributed by atoms with Gasteiger partial charge in [0.25, 0.3) is 0 Å². The molecule has 4 atom stereocenters. The molecule has 1 aromatic heterocycles. The summed E-state index contributed by atoms with van der Waals surface area (Å²) in [6.07, 6.45) is 3.27. The molecule has 14 heteroatoms. The Morgan fingerprint density at radius 1 is 0.949 bits per heavy atom. The number of amides is 3. The van der Waals surface area contributed by atoms with Gasteiger partial charge in [-0.25, -0.2) is 9.78 Å². The lowest BCUT2D eigenvalue weighted by atomic mass is 10.0. The van der Waals surface area contributed by atoms with E-state index in [0.29, 0.717) is 24.2 Å². The standard InChI is InChI=1S/C25H32N6O8/c32-16-5-3-14(4-6-16)10-19(30-22(35)17-2-1-9-27-17)24(37)29-18(7-8-21(33)34)23(36)31-20(25(38)39)11-15-12-26-13-28-15/h3-6,12-13,17-20,27,32H,1-2,7-11H2,(H,26,28)(H,29,37)(H,30,35)(H,31,36)(H,33,34)(H,38,39). The summed E-state index contributed by atoms with van der Waals surface area (Å²) in [5.41, 5.74) is 1.07. The van der Waals surface area contributed by atoms with Gasteiger partial charge in [0, 0.05) is 31.2 Å². The summed E-state index contributed by atoms with van der Waals surface area (Å²) >= 11 is 0. The normalized spacial score (nSPS) is 17.0. The smallest absolute Gasteiger partial charge is 0.326 e. The lowest BCUT2D eigenvalue weighted by Crippen LogP contribution is -2.57. The third kappa shape index (κ3) is 9.10. The number of carboxylic acids is 2. The molecular formula is C25H32N6O8. The molecule has 1 saturated heterocycles. The van der Waals surface area contributed by atoms with E-state index in [-0.39, 0.29) is 25.0 Å². The van der Waals surface area contributed by atoms with Crippen LogP contribution in [0.3, 0.4) is 0 Å². The SMILES string of the molecule is O=C(O)CCC(NC(=O)C(Cc1ccc(O)cc1)NC(=O)C1CCCN1)C(=O)NC(Cc1cnc[nH]1)C(=O)O. The number of hydrogen-bond acceptors (Lipinski definition) is 8. The predicted molar refractivity (Wildman–Crippen MR) is 135 cm³/mol. The van der Waals surface area contributed by atoms with E-state index in [4.69, 9.17) is 5.11 Å². The van der Waals surface area contributed by atoms with Crippen molar-refractivity contribution >= 4 is 29.7 Å². The Morgan fingerprint density at radius 2 is 1.64 bits per heavy atom. The quantitative estimate of drug-likeness (QED) is 0.146. The van der Waals surface area contributed by atoms with Crippen LogP contribution in [-0.2, 0) is 36.8 Å². The van der Waals surface area contributed by atoms with Crippen molar-refractivity contribution < 1.29 is 39.3 Å². The van der Waals surface area contributed by atoms with E-state index in [9.17, 15) is 34.2 Å². The van der Waals surface area contributed by atoms with E-state index in [1.54, 1.807) is 12.1 Å². The third-order valence-electron chi connectivity index (χ3n) is 6.26. The first kappa shape index (κ1) is 29.1. The van der Waals surface area contributed by atoms with Crippen LogP contribution in [0.4, 0.5) is 0 Å². The number of carboxylic acid groups (broad SMARTS) is 2. The molecule has 14 nitrogen and oxygen atoms in total. The fourth-order valence-electron chi connectivity index (χ4n) is 4.16. The Bertz CT molecular complexity index is 1150. The van der Waals surface area contributed by atoms with E-state index in [1.807, 2.05) is 0 Å². The van der Waals surface area contributed by atoms with Crippen molar-refractivity contribution in [3.8, 4) is 5.75 Å². The maximum Gasteiger partial charge on any atom is 0.326 e. The molecule has 1 aliphatic rings. The highest BCUT2D eigenvalue weighted by Gasteiger charge is 2.32. The van der Waals surface area contributed by atoms with Crippen molar-refractivity contribution in [2.24, 2.45) is 0 Å². The number of phenols is 1. The lowest BCUT2D eigenvalue weighted by molar-refractivity contribution is -0.143. The first-order chi connectivity index (χ1) is 18.6. The number of phenolic OH excluding ortho intramolecular Hbond substituents is 1. The van der Waals surface area contributed by atoms with Crippen LogP contribution in [0.1, 0.15) is 36.9 Å². The second kappa shape index (κ2) is 13.9. The molecule has 2 heterocycles. The number of nitrogens with one attached hydrogen (secondary N) is 5. The Balaban J connectivity index is 1.76. The first-order valence-electron chi connectivity index (χ1n) is 12.5. The maximum absolute atomic E-state index is 13.3. The van der Waals surface area contributed by atoms with Gasteiger partial charge in [-0.2, -0.15) is 0 Å². The number of aliphatic carboxylic acids is 2. The van der Waals surface area contributed by atoms with Crippen LogP contribution in [-0.4, -0.2) is 85.7 Å². The third-order valence-corrected chi connectivity index (χ3v) is 6.26. The van der Waals surface area contributed by atoms with Gasteiger partial charge in [-0.1, -0.05) is 12.1 Å². The Hall–Kier alpha value is -4.46. The predicted octanol–water partition coefficient (Wildman–Crippen LogP) is -0.944. The van der Waals surface area contributed by atoms with Crippen LogP contribution < -0.4 is 21.3 Å². The van der Waals surface area contributed by atoms with E-state index >= 15 is 0 Å². The summed E-state index contributed by atoms with van der Waals surface area (Å²) in [5, 5.41) is 38.9. The number of hydrogen-bond donors (Lipinski definition) is 8. The van der Waals surface area contributed by atoms with Gasteiger partial charge in [0.1, 0.15) is 23.9 Å². The number of aromatic hydroxyl groups is 1. The molecule has 3 amide bonds. The number of rotatable bonds is 14. The Kier molecular flexibility index (Phi) is 10.4. The van der Waals surface area contributed by atoms with Crippen LogP contribution in [0, 0.1) is 0 Å². The van der Waals surface area contributed by atoms with Gasteiger partial charge in [-0.15, -0.1) is 0 Å². The largest absolute Gasteiger partial charge is 0.508 e. The van der Waals surface area contributed by atoms with E-state index in [2.05, 4.69) is 31.2 Å². The number of imidazole rings is 1. The number of nitrogens with zero attached hydrogens (tertiary/aromatic N) is 1. The van der Waals surface area contributed by atoms with Crippen molar-refractivity contribution in [1.82, 2.24) is 31.2 Å². The van der Waals surface area contributed by atoms with Gasteiger partial charge >= 0.3 is 11.9 Å². The highest BCUT2D eigenvalue weighted by molar-refractivity contribution is 5.94. The second-order valence-electron chi connectivity index (χ2n) is 9.25. The number of aromatic amines is 1. The van der Waals surface area contributed by atoms with Crippen LogP contribution in [0.5, 0.6) is 5.75 Å². The number of aromatic nitrogens is 2. The van der Waals surface area contributed by atoms with Gasteiger partial charge in [0.15, 0.2) is 0 Å². The van der Waals surface area contributed by atoms with Crippen molar-refractivity contribution in [3.63, 3.8) is 0 Å². The van der Waals surface area contributed by atoms with Crippen LogP contribution in [0.15, 0.2) is 36.8 Å². The summed E-state index contributed by atoms with van der Waals surface area (Å²) in [7, 11) is 0. The molecule has 1 fully saturated rings. The Morgan fingerprint density at radius 3 is 2.23 bits per heavy atom. The molecule has 0 radical (unpaired) electrons. The van der Waals surface area contributed by atoms with Gasteiger partial charge in [0.05, 0.1) is 12.4 Å². The van der Waals surface area contributed by atoms with Gasteiger partial charge in [0.2, 0.25) is 17.7 Å². The van der Waals surface area contributed by atoms with Gasteiger partial charge < -0.3 is 41.6 Å². The lowest BCUT2D eigenvalue weighted by Gasteiger charge is -2.25. The molecular weight excluding hydrogens is 512 g/mol. The number of carbonyl (C=O) groups excluding carboxylic acids is 3. The number of carbonyl (C=O) groups is 5. The van der Waals surface area contributed by atoms with Crippen molar-refractivity contribution in [1.29, 1.82) is 0 Å². The number of H-pyrrole nitrogens is 1. The molecule has 1 aromatic carbocycles. The van der Waals surface area contributed by atoms with Crippen LogP contribution in [0.25, 0.3) is 0 Å². The molecule has 2 aromatic rings. The Labute approximate surface area is 223 Å². The zero-order valence-corrected chi connectivity index (χ0v) is 21.1. The molecule has 0 bridgehead atoms. The molecule has 4 unspecified atom stereocenters. The molecule has 0 spiro atoms. The first-order valence-corrected chi connectivity index (χ1v) is 12.5. The van der Waals surface area contributed by atoms with Crippen LogP contribution >= 0.6 is 0 Å². The summed E-state index contributed by atoms with van der Waals surface area (Å²) in [6.45, 7) is 0.660. The molecule has 8 N–H and O–H groups in total.